The van der Waals surface area contributed by atoms with Crippen LogP contribution in [0.2, 0.25) is 0 Å². The molecule has 3 nitrogen and oxygen atoms in total. The third kappa shape index (κ3) is 5.42. The molecule has 0 bridgehead atoms. The smallest absolute Gasteiger partial charge is 0.150 e. The predicted octanol–water partition coefficient (Wildman–Crippen LogP) is 2.76. The Balaban J connectivity index is 1.71. The minimum Gasteiger partial charge on any atom is -0.314 e. The van der Waals surface area contributed by atoms with E-state index in [0.717, 1.165) is 37.3 Å². The first-order chi connectivity index (χ1) is 9.11. The Morgan fingerprint density at radius 2 is 1.74 bits per heavy atom. The lowest BCUT2D eigenvalue weighted by atomic mass is 9.77. The van der Waals surface area contributed by atoms with Crippen LogP contribution in [0, 0.1) is 11.8 Å². The zero-order valence-electron chi connectivity index (χ0n) is 12.2. The summed E-state index contributed by atoms with van der Waals surface area (Å²) in [5.74, 6) is 2.23. The molecular weight excluding hydrogens is 258 g/mol. The molecule has 2 aliphatic rings. The quantitative estimate of drug-likeness (QED) is 0.746. The van der Waals surface area contributed by atoms with E-state index in [0.29, 0.717) is 11.5 Å². The minimum atomic E-state index is -2.77. The van der Waals surface area contributed by atoms with E-state index in [9.17, 15) is 8.42 Å². The maximum absolute atomic E-state index is 11.5. The van der Waals surface area contributed by atoms with Gasteiger partial charge in [-0.05, 0) is 50.5 Å². The number of sulfone groups is 1. The third-order valence-corrected chi connectivity index (χ3v) is 6.57. The molecular formula is C15H29NO2S. The van der Waals surface area contributed by atoms with Gasteiger partial charge in [0, 0.05) is 11.8 Å². The molecule has 2 fully saturated rings. The Labute approximate surface area is 118 Å². The predicted molar refractivity (Wildman–Crippen MR) is 80.0 cm³/mol. The molecule has 1 N–H and O–H groups in total. The van der Waals surface area contributed by atoms with E-state index < -0.39 is 9.84 Å². The lowest BCUT2D eigenvalue weighted by molar-refractivity contribution is 0.216. The van der Waals surface area contributed by atoms with Crippen LogP contribution in [0.15, 0.2) is 0 Å². The molecule has 2 unspecified atom stereocenters. The van der Waals surface area contributed by atoms with Gasteiger partial charge in [-0.1, -0.05) is 26.2 Å². The monoisotopic (exact) mass is 287 g/mol. The van der Waals surface area contributed by atoms with Gasteiger partial charge in [0.2, 0.25) is 0 Å². The Hall–Kier alpha value is -0.0900. The molecule has 2 rings (SSSR count). The summed E-state index contributed by atoms with van der Waals surface area (Å²) >= 11 is 0. The maximum atomic E-state index is 11.5. The fraction of sp³-hybridized carbons (Fsp3) is 1.00. The standard InChI is InChI=1S/C15H29NO2S/c1-2-19(17,18)11-5-8-13-6-3-4-7-14(13)12-16-15-9-10-15/h13-16H,2-12H2,1H3. The number of hydrogen-bond donors (Lipinski definition) is 1. The average Bonchev–Trinajstić information content (AvgIpc) is 3.21. The summed E-state index contributed by atoms with van der Waals surface area (Å²) in [5, 5.41) is 3.66. The number of nitrogens with one attached hydrogen (secondary N) is 1. The molecule has 0 spiro atoms. The molecule has 2 atom stereocenters. The molecule has 4 heteroatoms. The van der Waals surface area contributed by atoms with Gasteiger partial charge in [-0.3, -0.25) is 0 Å². The summed E-state index contributed by atoms with van der Waals surface area (Å²) in [4.78, 5) is 0. The molecule has 0 aromatic carbocycles. The highest BCUT2D eigenvalue weighted by Crippen LogP contribution is 2.33. The van der Waals surface area contributed by atoms with Crippen molar-refractivity contribution in [2.75, 3.05) is 18.1 Å². The van der Waals surface area contributed by atoms with Gasteiger partial charge in [0.05, 0.1) is 5.75 Å². The second-order valence-electron chi connectivity index (χ2n) is 6.37. The van der Waals surface area contributed by atoms with E-state index in [1.807, 2.05) is 0 Å². The van der Waals surface area contributed by atoms with Crippen molar-refractivity contribution in [1.82, 2.24) is 5.32 Å². The molecule has 0 saturated heterocycles. The topological polar surface area (TPSA) is 46.2 Å². The first kappa shape index (κ1) is 15.3. The Morgan fingerprint density at radius 3 is 2.37 bits per heavy atom. The molecule has 0 heterocycles. The Morgan fingerprint density at radius 1 is 1.05 bits per heavy atom. The van der Waals surface area contributed by atoms with Crippen molar-refractivity contribution < 1.29 is 8.42 Å². The summed E-state index contributed by atoms with van der Waals surface area (Å²) in [7, 11) is -2.77. The lowest BCUT2D eigenvalue weighted by Crippen LogP contribution is -2.32. The van der Waals surface area contributed by atoms with Gasteiger partial charge >= 0.3 is 0 Å². The second-order valence-corrected chi connectivity index (χ2v) is 8.84. The molecule has 19 heavy (non-hydrogen) atoms. The van der Waals surface area contributed by atoms with Crippen LogP contribution in [-0.2, 0) is 9.84 Å². The second kappa shape index (κ2) is 7.07. The van der Waals surface area contributed by atoms with Crippen molar-refractivity contribution in [1.29, 1.82) is 0 Å². The van der Waals surface area contributed by atoms with Gasteiger partial charge in [-0.2, -0.15) is 0 Å². The summed E-state index contributed by atoms with van der Waals surface area (Å²) in [6.45, 7) is 2.91. The lowest BCUT2D eigenvalue weighted by Gasteiger charge is -2.32. The van der Waals surface area contributed by atoms with Crippen LogP contribution in [0.3, 0.4) is 0 Å². The molecule has 0 aliphatic heterocycles. The summed E-state index contributed by atoms with van der Waals surface area (Å²) in [5.41, 5.74) is 0. The minimum absolute atomic E-state index is 0.296. The van der Waals surface area contributed by atoms with Gasteiger partial charge < -0.3 is 5.32 Å². The van der Waals surface area contributed by atoms with Crippen LogP contribution in [0.1, 0.15) is 58.3 Å². The molecule has 2 saturated carbocycles. The van der Waals surface area contributed by atoms with Gasteiger partial charge in [0.15, 0.2) is 0 Å². The van der Waals surface area contributed by atoms with Gasteiger partial charge in [-0.25, -0.2) is 8.42 Å². The first-order valence-electron chi connectivity index (χ1n) is 8.04. The van der Waals surface area contributed by atoms with Crippen molar-refractivity contribution in [3.63, 3.8) is 0 Å². The average molecular weight is 287 g/mol. The van der Waals surface area contributed by atoms with E-state index in [-0.39, 0.29) is 0 Å². The van der Waals surface area contributed by atoms with E-state index in [2.05, 4.69) is 5.32 Å². The zero-order valence-corrected chi connectivity index (χ0v) is 13.1. The third-order valence-electron chi connectivity index (χ3n) is 4.78. The first-order valence-corrected chi connectivity index (χ1v) is 9.86. The summed E-state index contributed by atoms with van der Waals surface area (Å²) in [6.07, 6.45) is 10.0. The molecule has 0 aromatic heterocycles. The highest BCUT2D eigenvalue weighted by Gasteiger charge is 2.27. The van der Waals surface area contributed by atoms with Crippen LogP contribution >= 0.6 is 0 Å². The van der Waals surface area contributed by atoms with E-state index in [1.54, 1.807) is 6.92 Å². The maximum Gasteiger partial charge on any atom is 0.150 e. The van der Waals surface area contributed by atoms with Crippen molar-refractivity contribution in [3.8, 4) is 0 Å². The van der Waals surface area contributed by atoms with Crippen molar-refractivity contribution in [2.24, 2.45) is 11.8 Å². The van der Waals surface area contributed by atoms with Crippen LogP contribution in [0.4, 0.5) is 0 Å². The van der Waals surface area contributed by atoms with Crippen LogP contribution in [-0.4, -0.2) is 32.5 Å². The fourth-order valence-electron chi connectivity index (χ4n) is 3.25. The van der Waals surface area contributed by atoms with Crippen LogP contribution in [0.5, 0.6) is 0 Å². The van der Waals surface area contributed by atoms with E-state index >= 15 is 0 Å². The Kier molecular flexibility index (Phi) is 5.70. The summed E-state index contributed by atoms with van der Waals surface area (Å²) < 4.78 is 23.1. The largest absolute Gasteiger partial charge is 0.314 e. The van der Waals surface area contributed by atoms with Gasteiger partial charge in [0.1, 0.15) is 9.84 Å². The number of rotatable bonds is 8. The van der Waals surface area contributed by atoms with Gasteiger partial charge in [0.25, 0.3) is 0 Å². The molecule has 0 radical (unpaired) electrons. The molecule has 0 aromatic rings. The normalized spacial score (nSPS) is 28.5. The van der Waals surface area contributed by atoms with Crippen molar-refractivity contribution >= 4 is 9.84 Å². The highest BCUT2D eigenvalue weighted by atomic mass is 32.2. The molecule has 0 amide bonds. The van der Waals surface area contributed by atoms with E-state index in [1.165, 1.54) is 38.5 Å². The van der Waals surface area contributed by atoms with Crippen molar-refractivity contribution in [3.05, 3.63) is 0 Å². The van der Waals surface area contributed by atoms with Gasteiger partial charge in [-0.15, -0.1) is 0 Å². The number of hydrogen-bond acceptors (Lipinski definition) is 3. The van der Waals surface area contributed by atoms with Crippen LogP contribution < -0.4 is 5.32 Å². The SMILES string of the molecule is CCS(=O)(=O)CCCC1CCCCC1CNC1CC1. The zero-order chi connectivity index (χ0) is 13.7. The van der Waals surface area contributed by atoms with Crippen LogP contribution in [0.25, 0.3) is 0 Å². The highest BCUT2D eigenvalue weighted by molar-refractivity contribution is 7.91. The van der Waals surface area contributed by atoms with E-state index in [4.69, 9.17) is 0 Å². The Bertz CT molecular complexity index is 362. The molecule has 2 aliphatic carbocycles. The summed E-state index contributed by atoms with van der Waals surface area (Å²) in [6, 6.07) is 0.794. The van der Waals surface area contributed by atoms with Crippen molar-refractivity contribution in [2.45, 2.75) is 64.3 Å². The molecule has 112 valence electrons. The fourth-order valence-corrected chi connectivity index (χ4v) is 4.14.